The number of aromatic amines is 1. The number of rotatable bonds is 4. The number of alkyl halides is 4. The predicted octanol–water partition coefficient (Wildman–Crippen LogP) is 4.76. The second-order valence-electron chi connectivity index (χ2n) is 9.04. The van der Waals surface area contributed by atoms with E-state index in [4.69, 9.17) is 5.73 Å². The van der Waals surface area contributed by atoms with Crippen molar-refractivity contribution in [2.75, 3.05) is 0 Å². The van der Waals surface area contributed by atoms with Gasteiger partial charge in [-0.15, -0.1) is 0 Å². The third-order valence-electron chi connectivity index (χ3n) is 6.84. The molecule has 0 saturated heterocycles. The summed E-state index contributed by atoms with van der Waals surface area (Å²) in [7, 11) is 0. The topological polar surface area (TPSA) is 88.8 Å². The molecular formula is C22H25F4N3O2. The number of amides is 1. The number of halogens is 4. The Labute approximate surface area is 176 Å². The highest BCUT2D eigenvalue weighted by molar-refractivity contribution is 6.03. The van der Waals surface area contributed by atoms with E-state index in [2.05, 4.69) is 9.97 Å². The van der Waals surface area contributed by atoms with Crippen LogP contribution >= 0.6 is 0 Å². The molecule has 3 N–H and O–H groups in total. The van der Waals surface area contributed by atoms with Crippen LogP contribution in [0.1, 0.15) is 73.5 Å². The molecule has 0 spiro atoms. The summed E-state index contributed by atoms with van der Waals surface area (Å²) in [4.78, 5) is 31.3. The van der Waals surface area contributed by atoms with Crippen LogP contribution in [0, 0.1) is 11.8 Å². The summed E-state index contributed by atoms with van der Waals surface area (Å²) >= 11 is 0. The smallest absolute Gasteiger partial charge is 0.268 e. The molecule has 0 radical (unpaired) electrons. The first-order valence-electron chi connectivity index (χ1n) is 10.6. The number of nitrogens with one attached hydrogen (secondary N) is 1. The predicted molar refractivity (Wildman–Crippen MR) is 107 cm³/mol. The number of carbonyl (C=O) groups is 1. The van der Waals surface area contributed by atoms with E-state index in [1.807, 2.05) is 0 Å². The molecule has 168 valence electrons. The molecule has 0 aromatic carbocycles. The fourth-order valence-corrected chi connectivity index (χ4v) is 5.20. The van der Waals surface area contributed by atoms with E-state index in [1.165, 1.54) is 18.3 Å². The van der Waals surface area contributed by atoms with Crippen molar-refractivity contribution in [3.8, 4) is 0 Å². The van der Waals surface area contributed by atoms with Gasteiger partial charge >= 0.3 is 0 Å². The van der Waals surface area contributed by atoms with E-state index in [0.29, 0.717) is 30.5 Å². The normalized spacial score (nSPS) is 26.1. The SMILES string of the molecule is NC(=O)c1nccc2[nH]c([C@@H]3CC(F)(F)CCC3CC3CCC(F)(F)CC3)cc(=O)c12. The third kappa shape index (κ3) is 4.60. The van der Waals surface area contributed by atoms with Gasteiger partial charge in [0.1, 0.15) is 5.69 Å². The van der Waals surface area contributed by atoms with E-state index in [1.54, 1.807) is 0 Å². The van der Waals surface area contributed by atoms with Crippen molar-refractivity contribution >= 4 is 16.8 Å². The number of primary amides is 1. The Balaban J connectivity index is 1.66. The molecule has 2 aromatic rings. The Morgan fingerprint density at radius 2 is 1.81 bits per heavy atom. The van der Waals surface area contributed by atoms with Gasteiger partial charge in [0, 0.05) is 49.6 Å². The summed E-state index contributed by atoms with van der Waals surface area (Å²) < 4.78 is 55.6. The molecule has 2 aromatic heterocycles. The molecule has 9 heteroatoms. The molecule has 2 aliphatic carbocycles. The number of nitrogens with zero attached hydrogens (tertiary/aromatic N) is 1. The van der Waals surface area contributed by atoms with Gasteiger partial charge in [0.05, 0.1) is 10.9 Å². The average Bonchev–Trinajstić information content (AvgIpc) is 2.70. The first-order valence-corrected chi connectivity index (χ1v) is 10.6. The summed E-state index contributed by atoms with van der Waals surface area (Å²) in [5, 5.41) is 0.0346. The largest absolute Gasteiger partial charge is 0.364 e. The van der Waals surface area contributed by atoms with E-state index >= 15 is 0 Å². The number of hydrogen-bond acceptors (Lipinski definition) is 3. The molecular weight excluding hydrogens is 414 g/mol. The number of fused-ring (bicyclic) bond motifs is 1. The van der Waals surface area contributed by atoms with Crippen molar-refractivity contribution in [2.45, 2.75) is 69.1 Å². The second-order valence-corrected chi connectivity index (χ2v) is 9.04. The highest BCUT2D eigenvalue weighted by atomic mass is 19.3. The second kappa shape index (κ2) is 7.91. The number of pyridine rings is 2. The minimum atomic E-state index is -2.86. The first kappa shape index (κ1) is 21.8. The number of aromatic nitrogens is 2. The standard InChI is InChI=1S/C22H25F4N3O2/c23-21(24)5-1-12(2-6-21)9-13-3-7-22(25,26)11-14(13)16-10-17(30)18-15(29-16)4-8-28-19(18)20(27)31/h4,8,10,12-14H,1-3,5-7,9,11H2,(H2,27,31)(H,29,30)/t13?,14-/m1/s1. The lowest BCUT2D eigenvalue weighted by atomic mass is 9.69. The molecule has 0 bridgehead atoms. The molecule has 5 nitrogen and oxygen atoms in total. The summed E-state index contributed by atoms with van der Waals surface area (Å²) in [6.45, 7) is 0. The van der Waals surface area contributed by atoms with E-state index in [9.17, 15) is 27.2 Å². The van der Waals surface area contributed by atoms with Crippen LogP contribution in [0.5, 0.6) is 0 Å². The molecule has 0 aliphatic heterocycles. The van der Waals surface area contributed by atoms with E-state index in [-0.39, 0.29) is 48.6 Å². The molecule has 4 rings (SSSR count). The molecule has 2 heterocycles. The van der Waals surface area contributed by atoms with Gasteiger partial charge in [0.25, 0.3) is 5.91 Å². The van der Waals surface area contributed by atoms with Gasteiger partial charge in [-0.25, -0.2) is 17.6 Å². The van der Waals surface area contributed by atoms with Crippen LogP contribution in [0.2, 0.25) is 0 Å². The molecule has 2 aliphatic rings. The fraction of sp³-hybridized carbons (Fsp3) is 0.591. The van der Waals surface area contributed by atoms with Crippen LogP contribution < -0.4 is 11.2 Å². The van der Waals surface area contributed by atoms with Gasteiger partial charge in [-0.2, -0.15) is 0 Å². The van der Waals surface area contributed by atoms with Crippen molar-refractivity contribution < 1.29 is 22.4 Å². The van der Waals surface area contributed by atoms with Gasteiger partial charge in [-0.1, -0.05) is 0 Å². The lowest BCUT2D eigenvalue weighted by molar-refractivity contribution is -0.0661. The van der Waals surface area contributed by atoms with Gasteiger partial charge in [-0.3, -0.25) is 14.6 Å². The summed E-state index contributed by atoms with van der Waals surface area (Å²) in [6.07, 6.45) is 1.97. The number of nitrogens with two attached hydrogens (primary N) is 1. The maximum absolute atomic E-state index is 14.3. The van der Waals surface area contributed by atoms with Crippen molar-refractivity contribution in [1.82, 2.24) is 9.97 Å². The first-order chi connectivity index (χ1) is 14.5. The molecule has 2 fully saturated rings. The van der Waals surface area contributed by atoms with E-state index in [0.717, 1.165) is 0 Å². The van der Waals surface area contributed by atoms with Crippen LogP contribution in [0.3, 0.4) is 0 Å². The van der Waals surface area contributed by atoms with Crippen LogP contribution in [-0.4, -0.2) is 27.7 Å². The quantitative estimate of drug-likeness (QED) is 0.674. The Bertz CT molecular complexity index is 1040. The Morgan fingerprint density at radius 3 is 2.48 bits per heavy atom. The van der Waals surface area contributed by atoms with E-state index < -0.39 is 35.5 Å². The Morgan fingerprint density at radius 1 is 1.13 bits per heavy atom. The highest BCUT2D eigenvalue weighted by Crippen LogP contribution is 2.49. The maximum atomic E-state index is 14.3. The zero-order chi connectivity index (χ0) is 22.4. The molecule has 1 amide bonds. The maximum Gasteiger partial charge on any atom is 0.268 e. The minimum absolute atomic E-state index is 0.0346. The van der Waals surface area contributed by atoms with Gasteiger partial charge in [-0.05, 0) is 43.6 Å². The summed E-state index contributed by atoms with van der Waals surface area (Å²) in [5.74, 6) is -7.01. The van der Waals surface area contributed by atoms with Crippen LogP contribution in [0.4, 0.5) is 17.6 Å². The summed E-state index contributed by atoms with van der Waals surface area (Å²) in [6, 6.07) is 2.76. The fourth-order valence-electron chi connectivity index (χ4n) is 5.20. The molecule has 2 saturated carbocycles. The number of carbonyl (C=O) groups excluding carboxylic acids is 1. The monoisotopic (exact) mass is 439 g/mol. The van der Waals surface area contributed by atoms with Crippen molar-refractivity contribution in [2.24, 2.45) is 17.6 Å². The van der Waals surface area contributed by atoms with Crippen LogP contribution in [0.15, 0.2) is 23.1 Å². The van der Waals surface area contributed by atoms with Gasteiger partial charge < -0.3 is 10.7 Å². The molecule has 2 atom stereocenters. The zero-order valence-corrected chi connectivity index (χ0v) is 17.0. The lowest BCUT2D eigenvalue weighted by Gasteiger charge is -2.39. The molecule has 31 heavy (non-hydrogen) atoms. The van der Waals surface area contributed by atoms with Crippen LogP contribution in [0.25, 0.3) is 10.9 Å². The van der Waals surface area contributed by atoms with Gasteiger partial charge in [0.2, 0.25) is 11.8 Å². The zero-order valence-electron chi connectivity index (χ0n) is 17.0. The summed E-state index contributed by atoms with van der Waals surface area (Å²) in [5.41, 5.74) is 5.33. The lowest BCUT2D eigenvalue weighted by Crippen LogP contribution is -2.34. The number of hydrogen-bond donors (Lipinski definition) is 2. The minimum Gasteiger partial charge on any atom is -0.364 e. The number of H-pyrrole nitrogens is 1. The van der Waals surface area contributed by atoms with Crippen LogP contribution in [-0.2, 0) is 0 Å². The molecule has 1 unspecified atom stereocenters. The Kier molecular flexibility index (Phi) is 5.55. The van der Waals surface area contributed by atoms with Crippen molar-refractivity contribution in [3.63, 3.8) is 0 Å². The Hall–Kier alpha value is -2.45. The van der Waals surface area contributed by atoms with Gasteiger partial charge in [0.15, 0.2) is 5.43 Å². The third-order valence-corrected chi connectivity index (χ3v) is 6.84. The average molecular weight is 439 g/mol. The highest BCUT2D eigenvalue weighted by Gasteiger charge is 2.44. The van der Waals surface area contributed by atoms with Crippen molar-refractivity contribution in [3.05, 3.63) is 39.9 Å². The van der Waals surface area contributed by atoms with Crippen molar-refractivity contribution in [1.29, 1.82) is 0 Å².